The van der Waals surface area contributed by atoms with Crippen molar-refractivity contribution in [3.05, 3.63) is 52.7 Å². The molecule has 0 aliphatic rings. The van der Waals surface area contributed by atoms with E-state index in [-0.39, 0.29) is 5.43 Å². The molecule has 4 heteroatoms. The Bertz CT molecular complexity index is 761. The fourth-order valence-corrected chi connectivity index (χ4v) is 2.07. The minimum Gasteiger partial charge on any atom is -0.540 e. The van der Waals surface area contributed by atoms with Gasteiger partial charge in [-0.25, -0.2) is 0 Å². The predicted octanol–water partition coefficient (Wildman–Crippen LogP) is 2.41. The highest BCUT2D eigenvalue weighted by molar-refractivity contribution is 6.02. The fourth-order valence-electron chi connectivity index (χ4n) is 1.90. The Morgan fingerprint density at radius 3 is 2.59 bits per heavy atom. The second-order valence-electron chi connectivity index (χ2n) is 3.66. The second-order valence-corrected chi connectivity index (χ2v) is 3.86. The van der Waals surface area contributed by atoms with Crippen molar-refractivity contribution in [2.24, 2.45) is 0 Å². The lowest BCUT2D eigenvalue weighted by atomic mass is 10.1. The van der Waals surface area contributed by atoms with Crippen molar-refractivity contribution in [1.82, 2.24) is 0 Å². The first-order chi connectivity index (χ1) is 8.31. The van der Waals surface area contributed by atoms with E-state index in [4.69, 9.17) is 8.84 Å². The van der Waals surface area contributed by atoms with E-state index in [9.17, 15) is 4.79 Å². The first-order valence-electron chi connectivity index (χ1n) is 5.09. The molecule has 2 aromatic carbocycles. The molecule has 3 rings (SSSR count). The molecular formula is C13H7O3Si. The molecular weight excluding hydrogens is 232 g/mol. The SMILES string of the molecule is O=c1c2ccccc2oc2cccc(O[Si])c12. The van der Waals surface area contributed by atoms with Crippen LogP contribution in [-0.4, -0.2) is 10.5 Å². The molecule has 0 amide bonds. The summed E-state index contributed by atoms with van der Waals surface area (Å²) in [7, 11) is 2.95. The zero-order valence-corrected chi connectivity index (χ0v) is 9.77. The Morgan fingerprint density at radius 2 is 1.76 bits per heavy atom. The lowest BCUT2D eigenvalue weighted by molar-refractivity contribution is 0.616. The van der Waals surface area contributed by atoms with Crippen molar-refractivity contribution in [2.75, 3.05) is 0 Å². The summed E-state index contributed by atoms with van der Waals surface area (Å²) in [6.45, 7) is 0. The lowest BCUT2D eigenvalue weighted by Gasteiger charge is -2.05. The summed E-state index contributed by atoms with van der Waals surface area (Å²) in [6, 6.07) is 12.4. The average Bonchev–Trinajstić information content (AvgIpc) is 2.38. The molecule has 0 spiro atoms. The van der Waals surface area contributed by atoms with Gasteiger partial charge in [-0.1, -0.05) is 18.2 Å². The van der Waals surface area contributed by atoms with Gasteiger partial charge in [-0.15, -0.1) is 0 Å². The van der Waals surface area contributed by atoms with E-state index in [0.29, 0.717) is 27.7 Å². The third-order valence-corrected chi connectivity index (χ3v) is 2.90. The van der Waals surface area contributed by atoms with Gasteiger partial charge in [0.05, 0.1) is 5.39 Å². The maximum atomic E-state index is 12.3. The molecule has 0 bridgehead atoms. The van der Waals surface area contributed by atoms with Gasteiger partial charge < -0.3 is 8.84 Å². The van der Waals surface area contributed by atoms with Gasteiger partial charge in [-0.3, -0.25) is 4.79 Å². The molecule has 0 unspecified atom stereocenters. The van der Waals surface area contributed by atoms with Crippen LogP contribution >= 0.6 is 0 Å². The molecule has 1 aromatic heterocycles. The number of hydrogen-bond donors (Lipinski definition) is 0. The van der Waals surface area contributed by atoms with Crippen molar-refractivity contribution >= 4 is 32.4 Å². The Hall–Kier alpha value is -2.07. The highest BCUT2D eigenvalue weighted by atomic mass is 28.2. The summed E-state index contributed by atoms with van der Waals surface area (Å²) in [5.74, 6) is 0.457. The minimum atomic E-state index is -0.0873. The number of rotatable bonds is 1. The molecule has 0 fully saturated rings. The van der Waals surface area contributed by atoms with Gasteiger partial charge in [-0.05, 0) is 24.3 Å². The summed E-state index contributed by atoms with van der Waals surface area (Å²) in [5.41, 5.74) is 1.01. The molecule has 3 radical (unpaired) electrons. The van der Waals surface area contributed by atoms with Crippen LogP contribution in [-0.2, 0) is 0 Å². The Morgan fingerprint density at radius 1 is 1.00 bits per heavy atom. The maximum absolute atomic E-state index is 12.3. The molecule has 17 heavy (non-hydrogen) atoms. The quantitative estimate of drug-likeness (QED) is 0.483. The van der Waals surface area contributed by atoms with Crippen LogP contribution in [0.3, 0.4) is 0 Å². The summed E-state index contributed by atoms with van der Waals surface area (Å²) in [4.78, 5) is 12.3. The van der Waals surface area contributed by atoms with E-state index in [1.807, 2.05) is 12.1 Å². The third-order valence-electron chi connectivity index (χ3n) is 2.68. The van der Waals surface area contributed by atoms with Crippen molar-refractivity contribution in [3.8, 4) is 5.75 Å². The first kappa shape index (κ1) is 10.1. The van der Waals surface area contributed by atoms with Gasteiger partial charge in [0, 0.05) is 0 Å². The van der Waals surface area contributed by atoms with E-state index in [1.165, 1.54) is 0 Å². The maximum Gasteiger partial charge on any atom is 0.341 e. The Kier molecular flexibility index (Phi) is 2.23. The van der Waals surface area contributed by atoms with Crippen molar-refractivity contribution in [1.29, 1.82) is 0 Å². The van der Waals surface area contributed by atoms with Crippen LogP contribution in [0.1, 0.15) is 0 Å². The summed E-state index contributed by atoms with van der Waals surface area (Å²) >= 11 is 0. The van der Waals surface area contributed by atoms with Crippen LogP contribution < -0.4 is 9.85 Å². The molecule has 0 aliphatic heterocycles. The Labute approximate surface area is 100 Å². The molecule has 0 aliphatic carbocycles. The molecule has 1 heterocycles. The zero-order valence-electron chi connectivity index (χ0n) is 8.77. The number of para-hydroxylation sites is 1. The van der Waals surface area contributed by atoms with Crippen LogP contribution in [0, 0.1) is 0 Å². The summed E-state index contributed by atoms with van der Waals surface area (Å²) < 4.78 is 10.7. The van der Waals surface area contributed by atoms with E-state index in [1.54, 1.807) is 30.3 Å². The molecule has 3 nitrogen and oxygen atoms in total. The molecule has 81 valence electrons. The molecule has 0 N–H and O–H groups in total. The molecule has 0 saturated carbocycles. The largest absolute Gasteiger partial charge is 0.540 e. The monoisotopic (exact) mass is 239 g/mol. The van der Waals surface area contributed by atoms with E-state index in [0.717, 1.165) is 0 Å². The fraction of sp³-hybridized carbons (Fsp3) is 0. The van der Waals surface area contributed by atoms with Crippen LogP contribution in [0.15, 0.2) is 51.7 Å². The topological polar surface area (TPSA) is 39.4 Å². The van der Waals surface area contributed by atoms with Gasteiger partial charge in [0.15, 0.2) is 0 Å². The van der Waals surface area contributed by atoms with Crippen molar-refractivity contribution < 1.29 is 8.84 Å². The predicted molar refractivity (Wildman–Crippen MR) is 66.4 cm³/mol. The van der Waals surface area contributed by atoms with E-state index in [2.05, 4.69) is 10.5 Å². The van der Waals surface area contributed by atoms with Gasteiger partial charge in [0.1, 0.15) is 22.3 Å². The molecule has 0 atom stereocenters. The van der Waals surface area contributed by atoms with Crippen molar-refractivity contribution in [2.45, 2.75) is 0 Å². The van der Waals surface area contributed by atoms with Crippen LogP contribution in [0.2, 0.25) is 0 Å². The van der Waals surface area contributed by atoms with Gasteiger partial charge in [0.2, 0.25) is 5.43 Å². The standard InChI is InChI=1S/C13H7O3Si/c14-13-8-4-1-2-5-9(8)15-10-6-3-7-11(16-17)12(10)13/h1-7H. The number of hydrogen-bond acceptors (Lipinski definition) is 3. The van der Waals surface area contributed by atoms with Crippen LogP contribution in [0.4, 0.5) is 0 Å². The van der Waals surface area contributed by atoms with Crippen molar-refractivity contribution in [3.63, 3.8) is 0 Å². The smallest absolute Gasteiger partial charge is 0.341 e. The summed E-state index contributed by atoms with van der Waals surface area (Å²) in [6.07, 6.45) is 0. The highest BCUT2D eigenvalue weighted by Gasteiger charge is 2.10. The third kappa shape index (κ3) is 1.45. The molecule has 0 saturated heterocycles. The zero-order chi connectivity index (χ0) is 11.8. The Balaban J connectivity index is 2.60. The van der Waals surface area contributed by atoms with Gasteiger partial charge in [-0.2, -0.15) is 0 Å². The second kappa shape index (κ2) is 3.75. The summed E-state index contributed by atoms with van der Waals surface area (Å²) in [5, 5.41) is 0.998. The van der Waals surface area contributed by atoms with E-state index < -0.39 is 0 Å². The van der Waals surface area contributed by atoms with Gasteiger partial charge in [0.25, 0.3) is 0 Å². The number of benzene rings is 2. The van der Waals surface area contributed by atoms with Crippen LogP contribution in [0.25, 0.3) is 21.9 Å². The number of fused-ring (bicyclic) bond motifs is 2. The van der Waals surface area contributed by atoms with E-state index >= 15 is 0 Å². The van der Waals surface area contributed by atoms with Gasteiger partial charge >= 0.3 is 10.5 Å². The lowest BCUT2D eigenvalue weighted by Crippen LogP contribution is -2.04. The normalized spacial score (nSPS) is 10.9. The average molecular weight is 239 g/mol. The molecule has 3 aromatic rings. The minimum absolute atomic E-state index is 0.0873. The first-order valence-corrected chi connectivity index (χ1v) is 5.50. The van der Waals surface area contributed by atoms with Crippen LogP contribution in [0.5, 0.6) is 5.75 Å². The highest BCUT2D eigenvalue weighted by Crippen LogP contribution is 2.25.